The summed E-state index contributed by atoms with van der Waals surface area (Å²) in [6.45, 7) is 6.82. The number of hydrogen-bond acceptors (Lipinski definition) is 6. The average Bonchev–Trinajstić information content (AvgIpc) is 3.37. The maximum Gasteiger partial charge on any atom is 0.271 e. The summed E-state index contributed by atoms with van der Waals surface area (Å²) in [6.07, 6.45) is 1.80. The SMILES string of the molecule is CCN(CC)C(=O)C1=C(C)N=c2s/c(=C/c3ccc(OCc4ccccc4F)c(Br)c3)c(=O)n2[C@@H]1c1c(OC)ccc2ccccc12. The van der Waals surface area contributed by atoms with Gasteiger partial charge in [0.25, 0.3) is 11.5 Å². The van der Waals surface area contributed by atoms with Crippen molar-refractivity contribution in [1.82, 2.24) is 9.47 Å². The summed E-state index contributed by atoms with van der Waals surface area (Å²) in [4.78, 5) is 35.6. The molecule has 1 atom stereocenters. The van der Waals surface area contributed by atoms with Crippen LogP contribution in [0.15, 0.2) is 104 Å². The summed E-state index contributed by atoms with van der Waals surface area (Å²) in [5.74, 6) is 0.635. The number of benzene rings is 4. The molecule has 0 spiro atoms. The van der Waals surface area contributed by atoms with Crippen molar-refractivity contribution in [2.24, 2.45) is 4.99 Å². The van der Waals surface area contributed by atoms with Crippen LogP contribution in [0.1, 0.15) is 43.5 Å². The van der Waals surface area contributed by atoms with Crippen LogP contribution in [-0.4, -0.2) is 35.6 Å². The molecule has 7 nitrogen and oxygen atoms in total. The van der Waals surface area contributed by atoms with Crippen LogP contribution >= 0.6 is 27.3 Å². The molecule has 0 saturated heterocycles. The average molecular weight is 715 g/mol. The molecule has 240 valence electrons. The molecular weight excluding hydrogens is 681 g/mol. The number of rotatable bonds is 9. The number of likely N-dealkylation sites (N-methyl/N-ethyl adjacent to an activating group) is 1. The van der Waals surface area contributed by atoms with Gasteiger partial charge in [0.05, 0.1) is 27.4 Å². The maximum absolute atomic E-state index is 14.4. The Kier molecular flexibility index (Phi) is 9.42. The number of carbonyl (C=O) groups excluding carboxylic acids is 1. The van der Waals surface area contributed by atoms with Crippen LogP contribution in [-0.2, 0) is 11.4 Å². The fourth-order valence-corrected chi connectivity index (χ4v) is 7.49. The van der Waals surface area contributed by atoms with Crippen LogP contribution in [0.3, 0.4) is 0 Å². The third-order valence-electron chi connectivity index (χ3n) is 8.32. The lowest BCUT2D eigenvalue weighted by molar-refractivity contribution is -0.127. The highest BCUT2D eigenvalue weighted by molar-refractivity contribution is 9.10. The van der Waals surface area contributed by atoms with E-state index >= 15 is 0 Å². The molecule has 0 bridgehead atoms. The smallest absolute Gasteiger partial charge is 0.271 e. The van der Waals surface area contributed by atoms with Crippen LogP contribution in [0.4, 0.5) is 4.39 Å². The lowest BCUT2D eigenvalue weighted by Gasteiger charge is -2.30. The lowest BCUT2D eigenvalue weighted by Crippen LogP contribution is -2.43. The molecular formula is C37H33BrFN3O4S. The van der Waals surface area contributed by atoms with E-state index < -0.39 is 6.04 Å². The number of ether oxygens (including phenoxy) is 2. The van der Waals surface area contributed by atoms with Crippen molar-refractivity contribution in [2.75, 3.05) is 20.2 Å². The quantitative estimate of drug-likeness (QED) is 0.170. The van der Waals surface area contributed by atoms with Gasteiger partial charge < -0.3 is 14.4 Å². The van der Waals surface area contributed by atoms with Gasteiger partial charge in [-0.1, -0.05) is 65.9 Å². The number of amides is 1. The van der Waals surface area contributed by atoms with Crippen molar-refractivity contribution in [3.63, 3.8) is 0 Å². The van der Waals surface area contributed by atoms with Crippen molar-refractivity contribution < 1.29 is 18.7 Å². The zero-order valence-corrected chi connectivity index (χ0v) is 28.8. The summed E-state index contributed by atoms with van der Waals surface area (Å²) in [5, 5.41) is 1.86. The van der Waals surface area contributed by atoms with Gasteiger partial charge in [-0.25, -0.2) is 9.38 Å². The highest BCUT2D eigenvalue weighted by Crippen LogP contribution is 2.40. The van der Waals surface area contributed by atoms with Crippen molar-refractivity contribution >= 4 is 50.0 Å². The van der Waals surface area contributed by atoms with Gasteiger partial charge in [0.1, 0.15) is 30.0 Å². The molecule has 6 rings (SSSR count). The summed E-state index contributed by atoms with van der Waals surface area (Å²) in [5.41, 5.74) is 2.70. The van der Waals surface area contributed by atoms with Crippen molar-refractivity contribution in [1.29, 1.82) is 0 Å². The van der Waals surface area contributed by atoms with E-state index in [0.29, 0.717) is 55.2 Å². The molecule has 47 heavy (non-hydrogen) atoms. The predicted molar refractivity (Wildman–Crippen MR) is 187 cm³/mol. The van der Waals surface area contributed by atoms with Crippen LogP contribution in [0.5, 0.6) is 11.5 Å². The fourth-order valence-electron chi connectivity index (χ4n) is 5.93. The number of hydrogen-bond donors (Lipinski definition) is 0. The Bertz CT molecular complexity index is 2220. The molecule has 0 aliphatic carbocycles. The molecule has 1 amide bonds. The highest BCUT2D eigenvalue weighted by Gasteiger charge is 2.36. The Morgan fingerprint density at radius 2 is 1.77 bits per heavy atom. The standard InChI is InChI=1S/C37H33BrFN3O4S/c1-5-41(6-2)36(44)32-22(3)40-37-42(34(32)33-26-13-9-7-11-24(26)16-18-30(33)45-4)35(43)31(47-37)20-23-15-17-29(27(38)19-23)46-21-25-12-8-10-14-28(25)39/h7-20,34H,5-6,21H2,1-4H3/b31-20+/t34-/m0/s1. The third kappa shape index (κ3) is 6.15. The number of halogens is 2. The minimum absolute atomic E-state index is 0.0781. The number of thiazole rings is 1. The van der Waals surface area contributed by atoms with E-state index in [1.165, 1.54) is 17.4 Å². The van der Waals surface area contributed by atoms with Gasteiger partial charge in [-0.3, -0.25) is 14.2 Å². The maximum atomic E-state index is 14.4. The van der Waals surface area contributed by atoms with Crippen LogP contribution in [0, 0.1) is 5.82 Å². The van der Waals surface area contributed by atoms with Crippen LogP contribution in [0.25, 0.3) is 16.8 Å². The van der Waals surface area contributed by atoms with Crippen LogP contribution < -0.4 is 24.4 Å². The Balaban J connectivity index is 1.48. The first-order valence-electron chi connectivity index (χ1n) is 15.3. The first-order valence-corrected chi connectivity index (χ1v) is 16.9. The van der Waals surface area contributed by atoms with Crippen molar-refractivity contribution in [3.8, 4) is 11.5 Å². The number of fused-ring (bicyclic) bond motifs is 2. The van der Waals surface area contributed by atoms with E-state index in [-0.39, 0.29) is 23.9 Å². The Hall–Kier alpha value is -4.54. The second-order valence-electron chi connectivity index (χ2n) is 11.0. The molecule has 1 aliphatic heterocycles. The number of allylic oxidation sites excluding steroid dienone is 1. The highest BCUT2D eigenvalue weighted by atomic mass is 79.9. The molecule has 0 saturated carbocycles. The van der Waals surface area contributed by atoms with Gasteiger partial charge in [-0.2, -0.15) is 0 Å². The third-order valence-corrected chi connectivity index (χ3v) is 9.92. The molecule has 2 heterocycles. The molecule has 0 N–H and O–H groups in total. The van der Waals surface area contributed by atoms with Crippen molar-refractivity contribution in [3.05, 3.63) is 137 Å². The van der Waals surface area contributed by atoms with Gasteiger partial charge in [-0.05, 0) is 83.4 Å². The number of carbonyl (C=O) groups is 1. The van der Waals surface area contributed by atoms with E-state index in [2.05, 4.69) is 15.9 Å². The van der Waals surface area contributed by atoms with Crippen molar-refractivity contribution in [2.45, 2.75) is 33.4 Å². The minimum Gasteiger partial charge on any atom is -0.496 e. The minimum atomic E-state index is -0.761. The topological polar surface area (TPSA) is 73.1 Å². The zero-order chi connectivity index (χ0) is 33.2. The molecule has 0 radical (unpaired) electrons. The predicted octanol–water partition coefficient (Wildman–Crippen LogP) is 6.75. The number of aromatic nitrogens is 1. The fraction of sp³-hybridized carbons (Fsp3) is 0.216. The molecule has 1 aliphatic rings. The second kappa shape index (κ2) is 13.7. The number of methoxy groups -OCH3 is 1. The number of nitrogens with zero attached hydrogens (tertiary/aromatic N) is 3. The monoisotopic (exact) mass is 713 g/mol. The Labute approximate surface area is 284 Å². The molecule has 10 heteroatoms. The summed E-state index contributed by atoms with van der Waals surface area (Å²) < 4.78 is 28.6. The first-order chi connectivity index (χ1) is 22.7. The lowest BCUT2D eigenvalue weighted by atomic mass is 9.90. The van der Waals surface area contributed by atoms with E-state index in [1.54, 1.807) is 46.9 Å². The summed E-state index contributed by atoms with van der Waals surface area (Å²) >= 11 is 4.84. The molecule has 5 aromatic rings. The first kappa shape index (κ1) is 32.4. The molecule has 4 aromatic carbocycles. The van der Waals surface area contributed by atoms with Gasteiger partial charge in [0.15, 0.2) is 4.80 Å². The van der Waals surface area contributed by atoms with E-state index in [1.807, 2.05) is 69.3 Å². The van der Waals surface area contributed by atoms with Crippen LogP contribution in [0.2, 0.25) is 0 Å². The van der Waals surface area contributed by atoms with E-state index in [0.717, 1.165) is 21.9 Å². The largest absolute Gasteiger partial charge is 0.496 e. The van der Waals surface area contributed by atoms with Gasteiger partial charge >= 0.3 is 0 Å². The Morgan fingerprint density at radius 3 is 2.49 bits per heavy atom. The van der Waals surface area contributed by atoms with E-state index in [4.69, 9.17) is 14.5 Å². The zero-order valence-electron chi connectivity index (χ0n) is 26.4. The normalized spacial score (nSPS) is 14.6. The van der Waals surface area contributed by atoms with E-state index in [9.17, 15) is 14.0 Å². The van der Waals surface area contributed by atoms with Gasteiger partial charge in [-0.15, -0.1) is 0 Å². The summed E-state index contributed by atoms with van der Waals surface area (Å²) in [7, 11) is 1.60. The van der Waals surface area contributed by atoms with Gasteiger partial charge in [0, 0.05) is 24.2 Å². The summed E-state index contributed by atoms with van der Waals surface area (Å²) in [6, 6.07) is 23.0. The molecule has 1 aromatic heterocycles. The second-order valence-corrected chi connectivity index (χ2v) is 12.9. The molecule has 0 unspecified atom stereocenters. The molecule has 0 fully saturated rings. The Morgan fingerprint density at radius 1 is 1.04 bits per heavy atom. The van der Waals surface area contributed by atoms with Gasteiger partial charge in [0.2, 0.25) is 0 Å².